The lowest BCUT2D eigenvalue weighted by Crippen LogP contribution is -2.27. The Labute approximate surface area is 142 Å². The number of anilines is 2. The fourth-order valence-electron chi connectivity index (χ4n) is 2.22. The molecule has 0 aliphatic rings. The topological polar surface area (TPSA) is 64.9 Å². The summed E-state index contributed by atoms with van der Waals surface area (Å²) in [6, 6.07) is 1.64. The number of nitrogens with one attached hydrogen (secondary N) is 2. The summed E-state index contributed by atoms with van der Waals surface area (Å²) in [6.45, 7) is 12.1. The third-order valence-corrected chi connectivity index (χ3v) is 3.41. The van der Waals surface area contributed by atoms with E-state index in [1.165, 1.54) is 0 Å². The van der Waals surface area contributed by atoms with Crippen molar-refractivity contribution >= 4 is 23.1 Å². The van der Waals surface area contributed by atoms with Crippen LogP contribution in [0, 0.1) is 5.41 Å². The molecule has 1 aromatic heterocycles. The predicted octanol–water partition coefficient (Wildman–Crippen LogP) is 4.22. The van der Waals surface area contributed by atoms with Gasteiger partial charge < -0.3 is 10.2 Å². The molecule has 0 fully saturated rings. The fourth-order valence-corrected chi connectivity index (χ4v) is 2.22. The van der Waals surface area contributed by atoms with E-state index in [-0.39, 0.29) is 11.3 Å². The summed E-state index contributed by atoms with van der Waals surface area (Å²) in [4.78, 5) is 10.9. The van der Waals surface area contributed by atoms with Crippen LogP contribution in [0.2, 0.25) is 0 Å². The Morgan fingerprint density at radius 3 is 2.33 bits per heavy atom. The van der Waals surface area contributed by atoms with E-state index < -0.39 is 12.1 Å². The molecule has 0 bridgehead atoms. The van der Waals surface area contributed by atoms with Crippen molar-refractivity contribution in [2.24, 2.45) is 0 Å². The van der Waals surface area contributed by atoms with Gasteiger partial charge in [0, 0.05) is 31.3 Å². The van der Waals surface area contributed by atoms with Crippen LogP contribution in [-0.2, 0) is 0 Å². The van der Waals surface area contributed by atoms with Gasteiger partial charge in [0.2, 0.25) is 5.95 Å². The maximum atomic E-state index is 12.8. The number of halogens is 2. The Balaban J connectivity index is 3.24. The molecule has 0 amide bonds. The second kappa shape index (κ2) is 9.95. The normalized spacial score (nSPS) is 10.8. The number of aromatic nitrogens is 2. The van der Waals surface area contributed by atoms with E-state index in [9.17, 15) is 8.78 Å². The van der Waals surface area contributed by atoms with Gasteiger partial charge >= 0.3 is 0 Å². The quantitative estimate of drug-likeness (QED) is 0.592. The molecule has 5 nitrogen and oxygen atoms in total. The van der Waals surface area contributed by atoms with Crippen molar-refractivity contribution in [1.82, 2.24) is 9.97 Å². The number of hydrogen-bond donors (Lipinski definition) is 2. The van der Waals surface area contributed by atoms with Gasteiger partial charge in [-0.15, -0.1) is 0 Å². The van der Waals surface area contributed by atoms with E-state index in [0.717, 1.165) is 32.4 Å². The van der Waals surface area contributed by atoms with Gasteiger partial charge in [0.15, 0.2) is 0 Å². The van der Waals surface area contributed by atoms with Crippen LogP contribution >= 0.6 is 0 Å². The molecule has 0 radical (unpaired) electrons. The van der Waals surface area contributed by atoms with Crippen LogP contribution in [0.25, 0.3) is 5.57 Å². The third-order valence-electron chi connectivity index (χ3n) is 3.41. The largest absolute Gasteiger partial charge is 0.356 e. The summed E-state index contributed by atoms with van der Waals surface area (Å²) in [5, 5.41) is 10.6. The molecular weight excluding hydrogens is 312 g/mol. The average molecular weight is 339 g/mol. The van der Waals surface area contributed by atoms with Crippen molar-refractivity contribution in [2.45, 2.75) is 46.5 Å². The molecule has 24 heavy (non-hydrogen) atoms. The lowest BCUT2D eigenvalue weighted by Gasteiger charge is -2.24. The van der Waals surface area contributed by atoms with Crippen molar-refractivity contribution < 1.29 is 8.78 Å². The van der Waals surface area contributed by atoms with Crippen LogP contribution in [-0.4, -0.2) is 41.7 Å². The van der Waals surface area contributed by atoms with Crippen molar-refractivity contribution in [3.8, 4) is 0 Å². The zero-order chi connectivity index (χ0) is 18.1. The number of hydrogen-bond acceptors (Lipinski definition) is 5. The first-order valence-corrected chi connectivity index (χ1v) is 8.38. The van der Waals surface area contributed by atoms with E-state index >= 15 is 0 Å². The molecule has 1 aromatic rings. The molecule has 0 spiro atoms. The Morgan fingerprint density at radius 2 is 1.83 bits per heavy atom. The fraction of sp³-hybridized carbons (Fsp3) is 0.588. The van der Waals surface area contributed by atoms with Crippen LogP contribution in [0.4, 0.5) is 20.5 Å². The highest BCUT2D eigenvalue weighted by Crippen LogP contribution is 2.22. The standard InChI is InChI=1S/C17H27F2N5/c1-5-8-21-17-22-13(12(4)15(20)16(18)19)11-14(23-17)24(9-6-2)10-7-3/h11,16,20H,4-10H2,1-3H3,(H,21,22,23). The molecule has 0 saturated heterocycles. The molecule has 2 N–H and O–H groups in total. The Bertz CT molecular complexity index is 554. The van der Waals surface area contributed by atoms with Gasteiger partial charge in [-0.05, 0) is 19.3 Å². The van der Waals surface area contributed by atoms with Crippen LogP contribution in [0.5, 0.6) is 0 Å². The van der Waals surface area contributed by atoms with E-state index in [4.69, 9.17) is 5.41 Å². The molecular formula is C17H27F2N5. The lowest BCUT2D eigenvalue weighted by atomic mass is 10.1. The van der Waals surface area contributed by atoms with Crippen LogP contribution in [0.3, 0.4) is 0 Å². The summed E-state index contributed by atoms with van der Waals surface area (Å²) >= 11 is 0. The SMILES string of the molecule is C=C(C(=N)C(F)F)c1cc(N(CCC)CCC)nc(NCCC)n1. The summed E-state index contributed by atoms with van der Waals surface area (Å²) in [6.07, 6.45) is -0.0783. The van der Waals surface area contributed by atoms with Crippen molar-refractivity contribution in [3.63, 3.8) is 0 Å². The minimum atomic E-state index is -2.87. The van der Waals surface area contributed by atoms with Crippen LogP contribution in [0.1, 0.15) is 45.7 Å². The minimum Gasteiger partial charge on any atom is -0.356 e. The Morgan fingerprint density at radius 1 is 1.21 bits per heavy atom. The molecule has 134 valence electrons. The number of alkyl halides is 2. The van der Waals surface area contributed by atoms with Gasteiger partial charge in [0.05, 0.1) is 5.69 Å². The Kier molecular flexibility index (Phi) is 8.29. The molecule has 1 rings (SSSR count). The maximum Gasteiger partial charge on any atom is 0.280 e. The zero-order valence-corrected chi connectivity index (χ0v) is 14.7. The van der Waals surface area contributed by atoms with Gasteiger partial charge in [-0.25, -0.2) is 13.8 Å². The predicted molar refractivity (Wildman–Crippen MR) is 96.4 cm³/mol. The summed E-state index contributed by atoms with van der Waals surface area (Å²) in [5.41, 5.74) is -0.610. The number of rotatable bonds is 11. The molecule has 7 heteroatoms. The molecule has 0 aliphatic carbocycles. The first kappa shape index (κ1) is 20.0. The molecule has 1 heterocycles. The van der Waals surface area contributed by atoms with Gasteiger partial charge in [0.25, 0.3) is 6.43 Å². The molecule has 0 aromatic carbocycles. The second-order valence-electron chi connectivity index (χ2n) is 5.54. The highest BCUT2D eigenvalue weighted by molar-refractivity contribution is 6.22. The highest BCUT2D eigenvalue weighted by Gasteiger charge is 2.19. The zero-order valence-electron chi connectivity index (χ0n) is 14.7. The Hall–Kier alpha value is -2.05. The van der Waals surface area contributed by atoms with Gasteiger partial charge in [-0.1, -0.05) is 27.4 Å². The van der Waals surface area contributed by atoms with E-state index in [1.54, 1.807) is 6.07 Å². The number of allylic oxidation sites excluding steroid dienone is 1. The van der Waals surface area contributed by atoms with Crippen molar-refractivity contribution in [1.29, 1.82) is 5.41 Å². The first-order valence-electron chi connectivity index (χ1n) is 8.38. The molecule has 0 aliphatic heterocycles. The van der Waals surface area contributed by atoms with E-state index in [1.807, 2.05) is 6.92 Å². The van der Waals surface area contributed by atoms with Crippen molar-refractivity contribution in [2.75, 3.05) is 29.9 Å². The van der Waals surface area contributed by atoms with Crippen LogP contribution in [0.15, 0.2) is 12.6 Å². The highest BCUT2D eigenvalue weighted by atomic mass is 19.3. The summed E-state index contributed by atoms with van der Waals surface area (Å²) in [5.74, 6) is 1.05. The van der Waals surface area contributed by atoms with Gasteiger partial charge in [-0.3, -0.25) is 5.41 Å². The summed E-state index contributed by atoms with van der Waals surface area (Å²) < 4.78 is 25.6. The monoisotopic (exact) mass is 339 g/mol. The smallest absolute Gasteiger partial charge is 0.280 e. The van der Waals surface area contributed by atoms with Crippen LogP contribution < -0.4 is 10.2 Å². The molecule has 0 saturated carbocycles. The number of nitrogens with zero attached hydrogens (tertiary/aromatic N) is 3. The average Bonchev–Trinajstić information content (AvgIpc) is 2.58. The molecule has 0 unspecified atom stereocenters. The second-order valence-corrected chi connectivity index (χ2v) is 5.54. The van der Waals surface area contributed by atoms with E-state index in [0.29, 0.717) is 18.3 Å². The van der Waals surface area contributed by atoms with Gasteiger partial charge in [0.1, 0.15) is 11.5 Å². The molecule has 0 atom stereocenters. The lowest BCUT2D eigenvalue weighted by molar-refractivity contribution is 0.226. The third kappa shape index (κ3) is 5.54. The van der Waals surface area contributed by atoms with Crippen molar-refractivity contribution in [3.05, 3.63) is 18.3 Å². The minimum absolute atomic E-state index is 0.0684. The van der Waals surface area contributed by atoms with Gasteiger partial charge in [-0.2, -0.15) is 4.98 Å². The van der Waals surface area contributed by atoms with E-state index in [2.05, 4.69) is 40.6 Å². The summed E-state index contributed by atoms with van der Waals surface area (Å²) in [7, 11) is 0. The first-order chi connectivity index (χ1) is 11.4. The maximum absolute atomic E-state index is 12.8.